The van der Waals surface area contributed by atoms with Crippen molar-refractivity contribution in [2.75, 3.05) is 20.8 Å². The first-order chi connectivity index (χ1) is 16.7. The number of hydrogen-bond donors (Lipinski definition) is 1. The molecule has 0 fully saturated rings. The molecule has 0 aliphatic carbocycles. The first-order valence-electron chi connectivity index (χ1n) is 11.5. The first-order valence-corrected chi connectivity index (χ1v) is 11.5. The zero-order chi connectivity index (χ0) is 25.5. The molecule has 0 unspecified atom stereocenters. The van der Waals surface area contributed by atoms with Gasteiger partial charge in [0.1, 0.15) is 11.8 Å². The highest BCUT2D eigenvalue weighted by Crippen LogP contribution is 2.22. The molecule has 1 atom stereocenters. The number of carbonyl (C=O) groups excluding carboxylic acids is 3. The lowest BCUT2D eigenvalue weighted by Gasteiger charge is -2.22. The van der Waals surface area contributed by atoms with Gasteiger partial charge in [-0.1, -0.05) is 50.2 Å². The lowest BCUT2D eigenvalue weighted by molar-refractivity contribution is -0.154. The molecular weight excluding hydrogens is 444 g/mol. The molecule has 0 heterocycles. The van der Waals surface area contributed by atoms with Crippen molar-refractivity contribution in [1.82, 2.24) is 10.2 Å². The monoisotopic (exact) mass is 476 g/mol. The molecule has 0 aromatic heterocycles. The summed E-state index contributed by atoms with van der Waals surface area (Å²) >= 11 is 0. The topological polar surface area (TPSA) is 84.9 Å². The molecule has 35 heavy (non-hydrogen) atoms. The number of amides is 2. The Kier molecular flexibility index (Phi) is 8.47. The summed E-state index contributed by atoms with van der Waals surface area (Å²) in [5, 5.41) is 4.83. The van der Waals surface area contributed by atoms with E-state index in [0.29, 0.717) is 12.1 Å². The normalized spacial score (nSPS) is 11.7. The molecule has 3 aromatic rings. The molecule has 0 bridgehead atoms. The second-order valence-electron chi connectivity index (χ2n) is 8.92. The van der Waals surface area contributed by atoms with Crippen LogP contribution in [-0.4, -0.2) is 49.5 Å². The molecule has 2 amide bonds. The first kappa shape index (κ1) is 25.7. The summed E-state index contributed by atoms with van der Waals surface area (Å²) in [6.07, 6.45) is 0. The van der Waals surface area contributed by atoms with Gasteiger partial charge in [-0.2, -0.15) is 0 Å². The highest BCUT2D eigenvalue weighted by Gasteiger charge is 2.27. The van der Waals surface area contributed by atoms with Crippen molar-refractivity contribution in [2.24, 2.45) is 5.92 Å². The van der Waals surface area contributed by atoms with Gasteiger partial charge in [0.2, 0.25) is 0 Å². The van der Waals surface area contributed by atoms with E-state index >= 15 is 0 Å². The Labute approximate surface area is 206 Å². The average Bonchev–Trinajstić information content (AvgIpc) is 2.85. The fraction of sp³-hybridized carbons (Fsp3) is 0.321. The van der Waals surface area contributed by atoms with Gasteiger partial charge < -0.3 is 19.7 Å². The van der Waals surface area contributed by atoms with Crippen LogP contribution in [0.5, 0.6) is 5.75 Å². The third kappa shape index (κ3) is 6.59. The standard InChI is InChI=1S/C28H32N2O5/c1-18(2)26(29-27(32)24-9-7-6-8-19(24)3)28(33)35-17-25(31)30(4)16-20-10-11-22-15-23(34-5)13-12-21(22)14-20/h6-15,18,26H,16-17H2,1-5H3,(H,29,32)/t26-/m0/s1. The fourth-order valence-electron chi connectivity index (χ4n) is 3.74. The Balaban J connectivity index is 1.57. The van der Waals surface area contributed by atoms with Gasteiger partial charge in [0, 0.05) is 19.2 Å². The molecule has 0 aliphatic heterocycles. The van der Waals surface area contributed by atoms with Gasteiger partial charge in [-0.15, -0.1) is 0 Å². The number of hydrogen-bond acceptors (Lipinski definition) is 5. The maximum Gasteiger partial charge on any atom is 0.329 e. The van der Waals surface area contributed by atoms with E-state index < -0.39 is 18.6 Å². The van der Waals surface area contributed by atoms with Crippen LogP contribution in [0.3, 0.4) is 0 Å². The zero-order valence-corrected chi connectivity index (χ0v) is 20.8. The minimum absolute atomic E-state index is 0.209. The summed E-state index contributed by atoms with van der Waals surface area (Å²) in [7, 11) is 3.29. The van der Waals surface area contributed by atoms with Crippen LogP contribution < -0.4 is 10.1 Å². The van der Waals surface area contributed by atoms with Crippen molar-refractivity contribution < 1.29 is 23.9 Å². The Morgan fingerprint density at radius 1 is 0.971 bits per heavy atom. The molecule has 0 radical (unpaired) electrons. The van der Waals surface area contributed by atoms with E-state index in [0.717, 1.165) is 27.6 Å². The summed E-state index contributed by atoms with van der Waals surface area (Å²) in [6.45, 7) is 5.43. The number of carbonyl (C=O) groups is 3. The van der Waals surface area contributed by atoms with E-state index in [2.05, 4.69) is 5.32 Å². The molecule has 0 spiro atoms. The number of fused-ring (bicyclic) bond motifs is 1. The van der Waals surface area contributed by atoms with Gasteiger partial charge in [0.25, 0.3) is 11.8 Å². The molecule has 7 heteroatoms. The van der Waals surface area contributed by atoms with E-state index in [1.807, 2.05) is 69.3 Å². The quantitative estimate of drug-likeness (QED) is 0.470. The Hall–Kier alpha value is -3.87. The van der Waals surface area contributed by atoms with Crippen LogP contribution in [0, 0.1) is 12.8 Å². The lowest BCUT2D eigenvalue weighted by atomic mass is 10.0. The maximum absolute atomic E-state index is 12.7. The van der Waals surface area contributed by atoms with E-state index in [1.54, 1.807) is 26.3 Å². The van der Waals surface area contributed by atoms with E-state index in [-0.39, 0.29) is 17.7 Å². The Bertz CT molecular complexity index is 1220. The summed E-state index contributed by atoms with van der Waals surface area (Å²) in [5.74, 6) is -0.742. The minimum atomic E-state index is -0.863. The molecule has 0 aliphatic rings. The van der Waals surface area contributed by atoms with E-state index in [9.17, 15) is 14.4 Å². The largest absolute Gasteiger partial charge is 0.497 e. The van der Waals surface area contributed by atoms with Gasteiger partial charge >= 0.3 is 5.97 Å². The van der Waals surface area contributed by atoms with Crippen molar-refractivity contribution in [3.8, 4) is 5.75 Å². The van der Waals surface area contributed by atoms with E-state index in [4.69, 9.17) is 9.47 Å². The maximum atomic E-state index is 12.7. The number of methoxy groups -OCH3 is 1. The van der Waals surface area contributed by atoms with Gasteiger partial charge in [-0.3, -0.25) is 9.59 Å². The Morgan fingerprint density at radius 3 is 2.34 bits per heavy atom. The number of esters is 1. The Morgan fingerprint density at radius 2 is 1.66 bits per heavy atom. The van der Waals surface area contributed by atoms with Crippen LogP contribution in [0.2, 0.25) is 0 Å². The van der Waals surface area contributed by atoms with Crippen LogP contribution >= 0.6 is 0 Å². The molecule has 3 aromatic carbocycles. The number of benzene rings is 3. The second kappa shape index (κ2) is 11.5. The lowest BCUT2D eigenvalue weighted by Crippen LogP contribution is -2.46. The second-order valence-corrected chi connectivity index (χ2v) is 8.92. The number of ether oxygens (including phenoxy) is 2. The molecule has 184 valence electrons. The molecule has 0 saturated heterocycles. The predicted octanol–water partition coefficient (Wildman–Crippen LogP) is 4.11. The number of aryl methyl sites for hydroxylation is 1. The van der Waals surface area contributed by atoms with Crippen molar-refractivity contribution in [3.63, 3.8) is 0 Å². The van der Waals surface area contributed by atoms with Crippen molar-refractivity contribution in [2.45, 2.75) is 33.4 Å². The van der Waals surface area contributed by atoms with Crippen LogP contribution in [-0.2, 0) is 20.9 Å². The zero-order valence-electron chi connectivity index (χ0n) is 20.8. The van der Waals surface area contributed by atoms with Crippen molar-refractivity contribution in [1.29, 1.82) is 0 Å². The third-order valence-corrected chi connectivity index (χ3v) is 5.89. The smallest absolute Gasteiger partial charge is 0.329 e. The fourth-order valence-corrected chi connectivity index (χ4v) is 3.74. The SMILES string of the molecule is COc1ccc2cc(CN(C)C(=O)COC(=O)[C@@H](NC(=O)c3ccccc3C)C(C)C)ccc2c1. The molecule has 0 saturated carbocycles. The summed E-state index contributed by atoms with van der Waals surface area (Å²) < 4.78 is 10.5. The predicted molar refractivity (Wildman–Crippen MR) is 135 cm³/mol. The summed E-state index contributed by atoms with van der Waals surface area (Å²) in [5.41, 5.74) is 2.26. The van der Waals surface area contributed by atoms with Crippen LogP contribution in [0.15, 0.2) is 60.7 Å². The van der Waals surface area contributed by atoms with Crippen molar-refractivity contribution in [3.05, 3.63) is 77.4 Å². The average molecular weight is 477 g/mol. The van der Waals surface area contributed by atoms with Crippen LogP contribution in [0.4, 0.5) is 0 Å². The van der Waals surface area contributed by atoms with E-state index in [1.165, 1.54) is 4.90 Å². The van der Waals surface area contributed by atoms with Gasteiger partial charge in [0.05, 0.1) is 7.11 Å². The van der Waals surface area contributed by atoms with Gasteiger partial charge in [0.15, 0.2) is 6.61 Å². The van der Waals surface area contributed by atoms with Gasteiger partial charge in [-0.05, 0) is 59.0 Å². The van der Waals surface area contributed by atoms with Crippen molar-refractivity contribution >= 4 is 28.6 Å². The minimum Gasteiger partial charge on any atom is -0.497 e. The summed E-state index contributed by atoms with van der Waals surface area (Å²) in [6, 6.07) is 18.1. The molecule has 3 rings (SSSR count). The number of nitrogens with one attached hydrogen (secondary N) is 1. The number of rotatable bonds is 9. The third-order valence-electron chi connectivity index (χ3n) is 5.89. The summed E-state index contributed by atoms with van der Waals surface area (Å²) in [4.78, 5) is 39.5. The number of likely N-dealkylation sites (N-methyl/N-ethyl adjacent to an activating group) is 1. The van der Waals surface area contributed by atoms with Crippen LogP contribution in [0.1, 0.15) is 35.3 Å². The highest BCUT2D eigenvalue weighted by molar-refractivity contribution is 5.98. The molecule has 7 nitrogen and oxygen atoms in total. The number of nitrogens with zero attached hydrogens (tertiary/aromatic N) is 1. The van der Waals surface area contributed by atoms with Gasteiger partial charge in [-0.25, -0.2) is 4.79 Å². The molecule has 1 N–H and O–H groups in total. The highest BCUT2D eigenvalue weighted by atomic mass is 16.5. The molecular formula is C28H32N2O5. The van der Waals surface area contributed by atoms with Crippen LogP contribution in [0.25, 0.3) is 10.8 Å².